The third-order valence-corrected chi connectivity index (χ3v) is 7.36. The fourth-order valence-electron chi connectivity index (χ4n) is 4.98. The minimum absolute atomic E-state index is 0.0447. The standard InChI is InChI=1S/C22H25NO5.C13H13NO3/c24-22(28-17-19-9-5-2-6-10-19)23(25)20-11-12-21(15-20)27-14-13-26-16-18-7-3-1-4-8-18;15-13(14-11-6-7-12(8-11)17-14)16-9-10-4-2-1-3-5-10/h1-12,20-21,25H,13-17H2;1-7,11-12H,8-9H2/t20-,21+;11-,12+/m00/s1. The van der Waals surface area contributed by atoms with E-state index in [1.807, 2.05) is 109 Å². The first-order valence-corrected chi connectivity index (χ1v) is 15.0. The molecule has 3 aliphatic rings. The average molecular weight is 615 g/mol. The van der Waals surface area contributed by atoms with E-state index in [2.05, 4.69) is 0 Å². The lowest BCUT2D eigenvalue weighted by Crippen LogP contribution is -2.36. The number of ether oxygens (including phenoxy) is 4. The predicted octanol–water partition coefficient (Wildman–Crippen LogP) is 6.21. The van der Waals surface area contributed by atoms with Crippen molar-refractivity contribution in [3.8, 4) is 0 Å². The minimum Gasteiger partial charge on any atom is -0.443 e. The number of carbonyl (C=O) groups excluding carboxylic acids is 2. The van der Waals surface area contributed by atoms with Gasteiger partial charge in [0.2, 0.25) is 0 Å². The van der Waals surface area contributed by atoms with E-state index >= 15 is 0 Å². The second kappa shape index (κ2) is 16.6. The lowest BCUT2D eigenvalue weighted by molar-refractivity contribution is -0.129. The summed E-state index contributed by atoms with van der Waals surface area (Å²) in [6.45, 7) is 1.86. The molecule has 0 radical (unpaired) electrons. The number of benzene rings is 3. The van der Waals surface area contributed by atoms with Crippen molar-refractivity contribution in [3.63, 3.8) is 0 Å². The molecule has 0 saturated carbocycles. The van der Waals surface area contributed by atoms with E-state index in [-0.39, 0.29) is 31.5 Å². The fraction of sp³-hybridized carbons (Fsp3) is 0.314. The van der Waals surface area contributed by atoms with Gasteiger partial charge in [0.1, 0.15) is 19.3 Å². The van der Waals surface area contributed by atoms with Crippen molar-refractivity contribution in [1.29, 1.82) is 0 Å². The van der Waals surface area contributed by atoms with E-state index in [4.69, 9.17) is 23.8 Å². The first-order valence-electron chi connectivity index (χ1n) is 15.0. The second-order valence-corrected chi connectivity index (χ2v) is 10.7. The Hall–Kier alpha value is -4.48. The van der Waals surface area contributed by atoms with Crippen molar-refractivity contribution >= 4 is 12.2 Å². The molecule has 3 aromatic carbocycles. The summed E-state index contributed by atoms with van der Waals surface area (Å²) >= 11 is 0. The summed E-state index contributed by atoms with van der Waals surface area (Å²) in [5, 5.41) is 12.0. The Morgan fingerprint density at radius 3 is 1.91 bits per heavy atom. The zero-order chi connectivity index (χ0) is 31.3. The number of hydroxylamine groups is 4. The van der Waals surface area contributed by atoms with Crippen LogP contribution in [0.25, 0.3) is 0 Å². The molecule has 10 nitrogen and oxygen atoms in total. The summed E-state index contributed by atoms with van der Waals surface area (Å²) in [7, 11) is 0. The maximum atomic E-state index is 12.0. The van der Waals surface area contributed by atoms with Gasteiger partial charge >= 0.3 is 12.2 Å². The van der Waals surface area contributed by atoms with Gasteiger partial charge in [0.15, 0.2) is 0 Å². The average Bonchev–Trinajstić information content (AvgIpc) is 3.86. The Bertz CT molecular complexity index is 1400. The quantitative estimate of drug-likeness (QED) is 0.118. The topological polar surface area (TPSA) is 107 Å². The molecule has 10 heteroatoms. The van der Waals surface area contributed by atoms with E-state index in [1.54, 1.807) is 6.08 Å². The smallest absolute Gasteiger partial charge is 0.434 e. The monoisotopic (exact) mass is 614 g/mol. The molecule has 6 rings (SSSR count). The Morgan fingerprint density at radius 2 is 1.33 bits per heavy atom. The Kier molecular flexibility index (Phi) is 11.7. The first kappa shape index (κ1) is 31.9. The maximum Gasteiger partial charge on any atom is 0.434 e. The van der Waals surface area contributed by atoms with Crippen LogP contribution in [0.15, 0.2) is 115 Å². The van der Waals surface area contributed by atoms with Gasteiger partial charge in [-0.1, -0.05) is 115 Å². The number of hydrogen-bond acceptors (Lipinski definition) is 8. The molecular weight excluding hydrogens is 576 g/mol. The molecule has 45 heavy (non-hydrogen) atoms. The van der Waals surface area contributed by atoms with Crippen LogP contribution >= 0.6 is 0 Å². The van der Waals surface area contributed by atoms with Crippen LogP contribution < -0.4 is 0 Å². The second-order valence-electron chi connectivity index (χ2n) is 10.7. The number of rotatable bonds is 11. The number of fused-ring (bicyclic) bond motifs is 2. The highest BCUT2D eigenvalue weighted by molar-refractivity contribution is 5.68. The van der Waals surface area contributed by atoms with Crippen molar-refractivity contribution in [2.75, 3.05) is 13.2 Å². The summed E-state index contributed by atoms with van der Waals surface area (Å²) in [6.07, 6.45) is 7.58. The minimum atomic E-state index is -0.773. The van der Waals surface area contributed by atoms with Crippen LogP contribution in [-0.2, 0) is 43.6 Å². The van der Waals surface area contributed by atoms with Gasteiger partial charge in [0.25, 0.3) is 0 Å². The van der Waals surface area contributed by atoms with Crippen molar-refractivity contribution in [2.45, 2.75) is 57.0 Å². The lowest BCUT2D eigenvalue weighted by Gasteiger charge is -2.21. The highest BCUT2D eigenvalue weighted by atomic mass is 16.7. The van der Waals surface area contributed by atoms with Gasteiger partial charge in [-0.05, 0) is 16.7 Å². The van der Waals surface area contributed by atoms with Crippen molar-refractivity contribution in [2.24, 2.45) is 0 Å². The van der Waals surface area contributed by atoms with Gasteiger partial charge in [0, 0.05) is 12.8 Å². The Balaban J connectivity index is 0.000000200. The van der Waals surface area contributed by atoms with E-state index in [0.717, 1.165) is 23.1 Å². The summed E-state index contributed by atoms with van der Waals surface area (Å²) < 4.78 is 21.6. The molecule has 1 saturated heterocycles. The molecular formula is C35H38N2O8. The molecule has 0 aromatic heterocycles. The third kappa shape index (κ3) is 9.75. The molecule has 0 spiro atoms. The highest BCUT2D eigenvalue weighted by Crippen LogP contribution is 2.29. The SMILES string of the molecule is O=C(OCc1ccccc1)N(O)[C@H]1C=C[C@@H](OCCOCc2ccccc2)C1.O=C(OCc1ccccc1)N1O[C@@H]2C=C[C@H]1C2. The maximum absolute atomic E-state index is 12.0. The van der Waals surface area contributed by atoms with Gasteiger partial charge in [0.05, 0.1) is 38.0 Å². The van der Waals surface area contributed by atoms with Crippen molar-refractivity contribution < 1.29 is 38.6 Å². The van der Waals surface area contributed by atoms with E-state index < -0.39 is 18.2 Å². The number of nitrogens with zero attached hydrogens (tertiary/aromatic N) is 2. The van der Waals surface area contributed by atoms with E-state index in [1.165, 1.54) is 5.06 Å². The van der Waals surface area contributed by atoms with Crippen LogP contribution in [0.4, 0.5) is 9.59 Å². The third-order valence-electron chi connectivity index (χ3n) is 7.36. The normalized spacial score (nSPS) is 20.9. The molecule has 1 N–H and O–H groups in total. The Labute approximate surface area is 262 Å². The summed E-state index contributed by atoms with van der Waals surface area (Å²) in [5.74, 6) is 0. The molecule has 1 fully saturated rings. The molecule has 4 atom stereocenters. The summed E-state index contributed by atoms with van der Waals surface area (Å²) in [5.41, 5.74) is 2.96. The predicted molar refractivity (Wildman–Crippen MR) is 165 cm³/mol. The lowest BCUT2D eigenvalue weighted by atomic mass is 10.2. The molecule has 2 amide bonds. The molecule has 2 bridgehead atoms. The van der Waals surface area contributed by atoms with Crippen LogP contribution in [-0.4, -0.2) is 65.0 Å². The van der Waals surface area contributed by atoms with Gasteiger partial charge < -0.3 is 18.9 Å². The first-order chi connectivity index (χ1) is 22.0. The van der Waals surface area contributed by atoms with Crippen LogP contribution in [0.5, 0.6) is 0 Å². The summed E-state index contributed by atoms with van der Waals surface area (Å²) in [4.78, 5) is 29.1. The van der Waals surface area contributed by atoms with Crippen molar-refractivity contribution in [3.05, 3.63) is 132 Å². The zero-order valence-corrected chi connectivity index (χ0v) is 24.9. The Morgan fingerprint density at radius 1 is 0.733 bits per heavy atom. The largest absolute Gasteiger partial charge is 0.443 e. The molecule has 2 aliphatic carbocycles. The molecule has 1 aliphatic heterocycles. The van der Waals surface area contributed by atoms with Crippen LogP contribution in [0, 0.1) is 0 Å². The van der Waals surface area contributed by atoms with Gasteiger partial charge in [-0.15, -0.1) is 0 Å². The number of amides is 2. The zero-order valence-electron chi connectivity index (χ0n) is 24.9. The highest BCUT2D eigenvalue weighted by Gasteiger charge is 2.39. The van der Waals surface area contributed by atoms with E-state index in [9.17, 15) is 14.8 Å². The van der Waals surface area contributed by atoms with Crippen LogP contribution in [0.3, 0.4) is 0 Å². The number of hydrogen-bond donors (Lipinski definition) is 1. The van der Waals surface area contributed by atoms with Crippen LogP contribution in [0.2, 0.25) is 0 Å². The van der Waals surface area contributed by atoms with Gasteiger partial charge in [-0.2, -0.15) is 10.1 Å². The molecule has 3 aromatic rings. The summed E-state index contributed by atoms with van der Waals surface area (Å²) in [6, 6.07) is 28.5. The fourth-order valence-corrected chi connectivity index (χ4v) is 4.98. The van der Waals surface area contributed by atoms with Crippen LogP contribution in [0.1, 0.15) is 29.5 Å². The molecule has 1 heterocycles. The van der Waals surface area contributed by atoms with E-state index in [0.29, 0.717) is 31.3 Å². The van der Waals surface area contributed by atoms with Gasteiger partial charge in [-0.3, -0.25) is 10.0 Å². The molecule has 236 valence electrons. The number of carbonyl (C=O) groups is 2. The van der Waals surface area contributed by atoms with Gasteiger partial charge in [-0.25, -0.2) is 9.59 Å². The van der Waals surface area contributed by atoms with Crippen molar-refractivity contribution in [1.82, 2.24) is 10.1 Å². The molecule has 0 unspecified atom stereocenters.